The molecule has 0 aliphatic heterocycles. The highest BCUT2D eigenvalue weighted by atomic mass is 19.1. The summed E-state index contributed by atoms with van der Waals surface area (Å²) in [7, 11) is 3.29. The quantitative estimate of drug-likeness (QED) is 0.825. The van der Waals surface area contributed by atoms with Crippen LogP contribution in [0.15, 0.2) is 30.6 Å². The lowest BCUT2D eigenvalue weighted by Crippen LogP contribution is -2.26. The van der Waals surface area contributed by atoms with Gasteiger partial charge in [-0.1, -0.05) is 0 Å². The molecule has 0 fully saturated rings. The topological polar surface area (TPSA) is 88.5 Å². The Balaban J connectivity index is 2.02. The molecule has 1 aromatic carbocycles. The van der Waals surface area contributed by atoms with E-state index in [0.29, 0.717) is 11.4 Å². The predicted octanol–water partition coefficient (Wildman–Crippen LogP) is 2.54. The van der Waals surface area contributed by atoms with Crippen LogP contribution in [0.25, 0.3) is 0 Å². The van der Waals surface area contributed by atoms with Crippen molar-refractivity contribution in [1.82, 2.24) is 14.7 Å². The minimum absolute atomic E-state index is 0.0621. The fourth-order valence-corrected chi connectivity index (χ4v) is 2.04. The number of carbonyl (C=O) groups excluding carboxylic acids is 2. The van der Waals surface area contributed by atoms with Gasteiger partial charge in [-0.25, -0.2) is 9.18 Å². The molecule has 0 saturated carbocycles. The number of nitrogens with zero attached hydrogens (tertiary/aromatic N) is 3. The van der Waals surface area contributed by atoms with Crippen LogP contribution in [0.1, 0.15) is 13.8 Å². The second kappa shape index (κ2) is 8.32. The van der Waals surface area contributed by atoms with Crippen LogP contribution >= 0.6 is 0 Å². The van der Waals surface area contributed by atoms with E-state index in [0.717, 1.165) is 0 Å². The van der Waals surface area contributed by atoms with E-state index in [4.69, 9.17) is 4.74 Å². The molecular weight excluding hydrogens is 341 g/mol. The second-order valence-corrected chi connectivity index (χ2v) is 6.10. The third-order valence-electron chi connectivity index (χ3n) is 3.24. The van der Waals surface area contributed by atoms with Crippen LogP contribution in [-0.2, 0) is 11.3 Å². The van der Waals surface area contributed by atoms with Gasteiger partial charge in [-0.05, 0) is 26.0 Å². The van der Waals surface area contributed by atoms with Crippen LogP contribution in [0.2, 0.25) is 0 Å². The zero-order valence-corrected chi connectivity index (χ0v) is 15.1. The number of rotatable bonds is 6. The first-order valence-electron chi connectivity index (χ1n) is 8.01. The van der Waals surface area contributed by atoms with Gasteiger partial charge in [0.1, 0.15) is 18.1 Å². The number of carbonyl (C=O) groups is 2. The molecule has 0 atom stereocenters. The Morgan fingerprint density at radius 2 is 2.04 bits per heavy atom. The molecule has 1 aromatic heterocycles. The van der Waals surface area contributed by atoms with Gasteiger partial charge >= 0.3 is 6.03 Å². The van der Waals surface area contributed by atoms with Crippen molar-refractivity contribution in [2.45, 2.75) is 26.5 Å². The van der Waals surface area contributed by atoms with Crippen molar-refractivity contribution in [3.63, 3.8) is 0 Å². The zero-order valence-electron chi connectivity index (χ0n) is 15.1. The molecule has 2 N–H and O–H groups in total. The maximum absolute atomic E-state index is 13.5. The van der Waals surface area contributed by atoms with Crippen LogP contribution < -0.4 is 15.4 Å². The van der Waals surface area contributed by atoms with E-state index in [-0.39, 0.29) is 24.2 Å². The SMILES string of the molecule is CC(C)Oc1ccc(F)cc1NC(=O)Nc1cnn(CC(=O)N(C)C)c1. The summed E-state index contributed by atoms with van der Waals surface area (Å²) >= 11 is 0. The van der Waals surface area contributed by atoms with Crippen molar-refractivity contribution < 1.29 is 18.7 Å². The lowest BCUT2D eigenvalue weighted by atomic mass is 10.2. The number of anilines is 2. The van der Waals surface area contributed by atoms with E-state index in [1.165, 1.54) is 40.2 Å². The highest BCUT2D eigenvalue weighted by Gasteiger charge is 2.12. The van der Waals surface area contributed by atoms with Gasteiger partial charge in [0.05, 0.1) is 23.7 Å². The molecule has 2 rings (SSSR count). The van der Waals surface area contributed by atoms with Gasteiger partial charge in [-0.3, -0.25) is 9.48 Å². The Hall–Kier alpha value is -3.10. The van der Waals surface area contributed by atoms with Crippen LogP contribution in [0.4, 0.5) is 20.6 Å². The summed E-state index contributed by atoms with van der Waals surface area (Å²) in [5.41, 5.74) is 0.614. The molecule has 8 nitrogen and oxygen atoms in total. The standard InChI is InChI=1S/C17H22FN5O3/c1-11(2)26-15-6-5-12(18)7-14(15)21-17(25)20-13-8-19-23(9-13)10-16(24)22(3)4/h5-9,11H,10H2,1-4H3,(H2,20,21,25). The average molecular weight is 363 g/mol. The van der Waals surface area contributed by atoms with Crippen molar-refractivity contribution in [2.75, 3.05) is 24.7 Å². The number of urea groups is 1. The second-order valence-electron chi connectivity index (χ2n) is 6.10. The first-order chi connectivity index (χ1) is 12.2. The summed E-state index contributed by atoms with van der Waals surface area (Å²) in [5, 5.41) is 9.13. The van der Waals surface area contributed by atoms with Gasteiger partial charge in [0.25, 0.3) is 0 Å². The fraction of sp³-hybridized carbons (Fsp3) is 0.353. The summed E-state index contributed by atoms with van der Waals surface area (Å²) in [6.07, 6.45) is 2.81. The van der Waals surface area contributed by atoms with Gasteiger partial charge < -0.3 is 20.3 Å². The van der Waals surface area contributed by atoms with Crippen molar-refractivity contribution in [3.8, 4) is 5.75 Å². The average Bonchev–Trinajstić information content (AvgIpc) is 2.96. The van der Waals surface area contributed by atoms with Gasteiger partial charge in [0, 0.05) is 26.4 Å². The maximum atomic E-state index is 13.5. The fourth-order valence-electron chi connectivity index (χ4n) is 2.04. The number of nitrogens with one attached hydrogen (secondary N) is 2. The lowest BCUT2D eigenvalue weighted by molar-refractivity contribution is -0.129. The van der Waals surface area contributed by atoms with Gasteiger partial charge in [-0.2, -0.15) is 5.10 Å². The molecule has 0 bridgehead atoms. The normalized spacial score (nSPS) is 10.5. The highest BCUT2D eigenvalue weighted by Crippen LogP contribution is 2.26. The molecule has 1 heterocycles. The monoisotopic (exact) mass is 363 g/mol. The van der Waals surface area contributed by atoms with Crippen molar-refractivity contribution in [1.29, 1.82) is 0 Å². The number of benzene rings is 1. The molecule has 0 aliphatic carbocycles. The summed E-state index contributed by atoms with van der Waals surface area (Å²) < 4.78 is 20.4. The van der Waals surface area contributed by atoms with Gasteiger partial charge in [-0.15, -0.1) is 0 Å². The molecule has 9 heteroatoms. The molecule has 0 unspecified atom stereocenters. The predicted molar refractivity (Wildman–Crippen MR) is 95.7 cm³/mol. The van der Waals surface area contributed by atoms with Crippen LogP contribution in [-0.4, -0.2) is 46.8 Å². The highest BCUT2D eigenvalue weighted by molar-refractivity contribution is 6.00. The molecule has 26 heavy (non-hydrogen) atoms. The number of ether oxygens (including phenoxy) is 1. The first-order valence-corrected chi connectivity index (χ1v) is 8.01. The maximum Gasteiger partial charge on any atom is 0.323 e. The molecule has 3 amide bonds. The van der Waals surface area contributed by atoms with E-state index >= 15 is 0 Å². The van der Waals surface area contributed by atoms with E-state index in [1.54, 1.807) is 14.1 Å². The van der Waals surface area contributed by atoms with Crippen LogP contribution in [0.3, 0.4) is 0 Å². The molecule has 0 radical (unpaired) electrons. The van der Waals surface area contributed by atoms with E-state index < -0.39 is 11.8 Å². The Bertz CT molecular complexity index is 788. The number of halogens is 1. The minimum atomic E-state index is -0.581. The molecular formula is C17H22FN5O3. The van der Waals surface area contributed by atoms with Crippen molar-refractivity contribution in [2.24, 2.45) is 0 Å². The lowest BCUT2D eigenvalue weighted by Gasteiger charge is -2.15. The van der Waals surface area contributed by atoms with Crippen molar-refractivity contribution in [3.05, 3.63) is 36.4 Å². The van der Waals surface area contributed by atoms with Gasteiger partial charge in [0.15, 0.2) is 0 Å². The smallest absolute Gasteiger partial charge is 0.323 e. The third-order valence-corrected chi connectivity index (χ3v) is 3.24. The van der Waals surface area contributed by atoms with Crippen LogP contribution in [0.5, 0.6) is 5.75 Å². The summed E-state index contributed by atoms with van der Waals surface area (Å²) in [6.45, 7) is 3.72. The number of hydrogen-bond donors (Lipinski definition) is 2. The molecule has 2 aromatic rings. The minimum Gasteiger partial charge on any atom is -0.489 e. The summed E-state index contributed by atoms with van der Waals surface area (Å²) in [6, 6.07) is 3.31. The Morgan fingerprint density at radius 1 is 1.31 bits per heavy atom. The number of likely N-dealkylation sites (N-methyl/N-ethyl adjacent to an activating group) is 1. The largest absolute Gasteiger partial charge is 0.489 e. The van der Waals surface area contributed by atoms with Gasteiger partial charge in [0.2, 0.25) is 5.91 Å². The molecule has 0 saturated heterocycles. The molecule has 140 valence electrons. The van der Waals surface area contributed by atoms with E-state index in [2.05, 4.69) is 15.7 Å². The Kier molecular flexibility index (Phi) is 6.16. The van der Waals surface area contributed by atoms with Crippen molar-refractivity contribution >= 4 is 23.3 Å². The Labute approximate surface area is 150 Å². The molecule has 0 aliphatic rings. The van der Waals surface area contributed by atoms with Crippen LogP contribution in [0, 0.1) is 5.82 Å². The third kappa shape index (κ3) is 5.47. The number of hydrogen-bond acceptors (Lipinski definition) is 4. The Morgan fingerprint density at radius 3 is 2.69 bits per heavy atom. The zero-order chi connectivity index (χ0) is 19.3. The van der Waals surface area contributed by atoms with E-state index in [9.17, 15) is 14.0 Å². The number of amides is 3. The molecule has 0 spiro atoms. The summed E-state index contributed by atoms with van der Waals surface area (Å²) in [4.78, 5) is 25.3. The number of aromatic nitrogens is 2. The van der Waals surface area contributed by atoms with E-state index in [1.807, 2.05) is 13.8 Å². The first kappa shape index (κ1) is 19.2. The summed E-state index contributed by atoms with van der Waals surface area (Å²) in [5.74, 6) is -0.255.